The van der Waals surface area contributed by atoms with E-state index < -0.39 is 0 Å². The average Bonchev–Trinajstić information content (AvgIpc) is 1.95. The molecule has 0 aliphatic rings. The fourth-order valence-corrected chi connectivity index (χ4v) is 1.03. The van der Waals surface area contributed by atoms with E-state index in [1.165, 1.54) is 0 Å². The molecule has 0 aromatic heterocycles. The number of rotatable bonds is 2. The summed E-state index contributed by atoms with van der Waals surface area (Å²) >= 11 is 0.820. The zero-order valence-corrected chi connectivity index (χ0v) is 6.27. The minimum absolute atomic E-state index is 0.625. The molecule has 0 saturated carbocycles. The van der Waals surface area contributed by atoms with Crippen LogP contribution in [0.2, 0.25) is 0 Å². The molecular weight excluding hydrogens is 143 g/mol. The van der Waals surface area contributed by atoms with Crippen molar-refractivity contribution in [3.8, 4) is 0 Å². The summed E-state index contributed by atoms with van der Waals surface area (Å²) in [6, 6.07) is 7.45. The maximum Gasteiger partial charge on any atom is 0.113 e. The van der Waals surface area contributed by atoms with E-state index in [1.54, 1.807) is 0 Å². The van der Waals surface area contributed by atoms with E-state index in [2.05, 4.69) is 0 Å². The maximum absolute atomic E-state index is 8.47. The molecule has 0 unspecified atom stereocenters. The van der Waals surface area contributed by atoms with Crippen LogP contribution in [0.3, 0.4) is 0 Å². The molecule has 0 amide bonds. The van der Waals surface area contributed by atoms with Gasteiger partial charge in [0.15, 0.2) is 0 Å². The van der Waals surface area contributed by atoms with Crippen LogP contribution in [-0.2, 0) is 5.75 Å². The Balaban J connectivity index is 2.69. The lowest BCUT2D eigenvalue weighted by molar-refractivity contribution is 0.663. The Bertz CT molecular complexity index is 197. The largest absolute Gasteiger partial charge is 0.330 e. The van der Waals surface area contributed by atoms with Gasteiger partial charge in [0.05, 0.1) is 0 Å². The van der Waals surface area contributed by atoms with Crippen molar-refractivity contribution in [1.29, 1.82) is 0 Å². The summed E-state index contributed by atoms with van der Waals surface area (Å²) in [5, 5.41) is 0. The van der Waals surface area contributed by atoms with E-state index in [0.717, 1.165) is 23.1 Å². The zero-order chi connectivity index (χ0) is 7.40. The van der Waals surface area contributed by atoms with Crippen molar-refractivity contribution in [1.82, 2.24) is 0 Å². The van der Waals surface area contributed by atoms with Crippen molar-refractivity contribution >= 4 is 25.4 Å². The lowest BCUT2D eigenvalue weighted by atomic mass is 9.96. The standard InChI is InChI=1S/C7H7BOS/c8-7-3-1-6(2-4-7)5-10-9/h1-4,9H,5H2. The quantitative estimate of drug-likeness (QED) is 0.504. The van der Waals surface area contributed by atoms with Gasteiger partial charge in [0.2, 0.25) is 0 Å². The van der Waals surface area contributed by atoms with Crippen molar-refractivity contribution in [2.45, 2.75) is 5.75 Å². The average molecular weight is 150 g/mol. The molecule has 0 aliphatic carbocycles. The Kier molecular flexibility index (Phi) is 2.84. The zero-order valence-electron chi connectivity index (χ0n) is 5.45. The lowest BCUT2D eigenvalue weighted by Gasteiger charge is -1.96. The van der Waals surface area contributed by atoms with E-state index in [1.807, 2.05) is 24.3 Å². The Morgan fingerprint density at radius 1 is 1.30 bits per heavy atom. The molecule has 3 heteroatoms. The summed E-state index contributed by atoms with van der Waals surface area (Å²) in [5.41, 5.74) is 1.84. The van der Waals surface area contributed by atoms with Gasteiger partial charge in [-0.1, -0.05) is 29.7 Å². The van der Waals surface area contributed by atoms with Gasteiger partial charge >= 0.3 is 0 Å². The fraction of sp³-hybridized carbons (Fsp3) is 0.143. The van der Waals surface area contributed by atoms with Crippen molar-refractivity contribution in [3.05, 3.63) is 29.8 Å². The summed E-state index contributed by atoms with van der Waals surface area (Å²) in [4.78, 5) is 0. The molecule has 0 spiro atoms. The second-order valence-corrected chi connectivity index (χ2v) is 2.56. The summed E-state index contributed by atoms with van der Waals surface area (Å²) in [7, 11) is 5.45. The highest BCUT2D eigenvalue weighted by Crippen LogP contribution is 2.05. The van der Waals surface area contributed by atoms with Crippen molar-refractivity contribution in [2.75, 3.05) is 0 Å². The fourth-order valence-electron chi connectivity index (χ4n) is 0.688. The third-order valence-electron chi connectivity index (χ3n) is 1.21. The molecule has 1 aromatic carbocycles. The highest BCUT2D eigenvalue weighted by molar-refractivity contribution is 7.92. The topological polar surface area (TPSA) is 20.2 Å². The van der Waals surface area contributed by atoms with Gasteiger partial charge in [-0.05, 0) is 17.6 Å². The van der Waals surface area contributed by atoms with Crippen LogP contribution in [0.25, 0.3) is 0 Å². The molecule has 0 fully saturated rings. The number of hydrogen-bond donors (Lipinski definition) is 1. The smallest absolute Gasteiger partial charge is 0.113 e. The first-order valence-corrected chi connectivity index (χ1v) is 3.88. The Morgan fingerprint density at radius 2 is 1.90 bits per heavy atom. The van der Waals surface area contributed by atoms with Crippen molar-refractivity contribution < 1.29 is 4.55 Å². The summed E-state index contributed by atoms with van der Waals surface area (Å²) < 4.78 is 8.47. The molecule has 0 bridgehead atoms. The maximum atomic E-state index is 8.47. The van der Waals surface area contributed by atoms with Crippen molar-refractivity contribution in [2.24, 2.45) is 0 Å². The molecule has 2 radical (unpaired) electrons. The molecule has 0 saturated heterocycles. The second-order valence-electron chi connectivity index (χ2n) is 2.02. The summed E-state index contributed by atoms with van der Waals surface area (Å²) in [6.07, 6.45) is 0. The Labute approximate surface area is 66.1 Å². The van der Waals surface area contributed by atoms with Gasteiger partial charge < -0.3 is 4.55 Å². The normalized spacial score (nSPS) is 9.70. The van der Waals surface area contributed by atoms with E-state index in [4.69, 9.17) is 12.4 Å². The predicted octanol–water partition coefficient (Wildman–Crippen LogP) is 1.19. The van der Waals surface area contributed by atoms with E-state index in [9.17, 15) is 0 Å². The predicted molar refractivity (Wildman–Crippen MR) is 45.8 cm³/mol. The molecule has 1 N–H and O–H groups in total. The molecule has 0 atom stereocenters. The van der Waals surface area contributed by atoms with E-state index in [-0.39, 0.29) is 0 Å². The van der Waals surface area contributed by atoms with Gasteiger partial charge in [-0.2, -0.15) is 0 Å². The SMILES string of the molecule is [B]c1ccc(CSO)cc1. The Morgan fingerprint density at radius 3 is 2.40 bits per heavy atom. The van der Waals surface area contributed by atoms with Crippen LogP contribution in [0.4, 0.5) is 0 Å². The molecular formula is C7H7BOS. The van der Waals surface area contributed by atoms with Crippen LogP contribution in [0.5, 0.6) is 0 Å². The van der Waals surface area contributed by atoms with Crippen LogP contribution < -0.4 is 5.46 Å². The number of hydrogen-bond acceptors (Lipinski definition) is 2. The van der Waals surface area contributed by atoms with Crippen LogP contribution >= 0.6 is 12.0 Å². The monoisotopic (exact) mass is 150 g/mol. The van der Waals surface area contributed by atoms with E-state index in [0.29, 0.717) is 5.75 Å². The lowest BCUT2D eigenvalue weighted by Crippen LogP contribution is -1.99. The van der Waals surface area contributed by atoms with Gasteiger partial charge in [0, 0.05) is 5.75 Å². The molecule has 1 nitrogen and oxygen atoms in total. The van der Waals surface area contributed by atoms with Crippen LogP contribution in [0, 0.1) is 0 Å². The first-order chi connectivity index (χ1) is 4.83. The third-order valence-corrected chi connectivity index (χ3v) is 1.67. The highest BCUT2D eigenvalue weighted by Gasteiger charge is 1.89. The van der Waals surface area contributed by atoms with E-state index >= 15 is 0 Å². The third kappa shape index (κ3) is 2.08. The van der Waals surface area contributed by atoms with Gasteiger partial charge in [-0.3, -0.25) is 0 Å². The first-order valence-electron chi connectivity index (χ1n) is 2.93. The molecule has 0 heterocycles. The molecule has 10 heavy (non-hydrogen) atoms. The van der Waals surface area contributed by atoms with Crippen LogP contribution in [-0.4, -0.2) is 12.4 Å². The van der Waals surface area contributed by atoms with Gasteiger partial charge in [-0.25, -0.2) is 0 Å². The first kappa shape index (κ1) is 7.70. The molecule has 0 aliphatic heterocycles. The molecule has 1 rings (SSSR count). The minimum atomic E-state index is 0.625. The number of benzene rings is 1. The second kappa shape index (κ2) is 3.69. The van der Waals surface area contributed by atoms with Crippen LogP contribution in [0.1, 0.15) is 5.56 Å². The van der Waals surface area contributed by atoms with Gasteiger partial charge in [0.25, 0.3) is 0 Å². The van der Waals surface area contributed by atoms with Gasteiger partial charge in [0.1, 0.15) is 7.85 Å². The molecule has 1 aromatic rings. The Hall–Kier alpha value is -0.405. The molecule has 50 valence electrons. The summed E-state index contributed by atoms with van der Waals surface area (Å²) in [6.45, 7) is 0. The summed E-state index contributed by atoms with van der Waals surface area (Å²) in [5.74, 6) is 0.625. The highest BCUT2D eigenvalue weighted by atomic mass is 32.2. The van der Waals surface area contributed by atoms with Gasteiger partial charge in [-0.15, -0.1) is 0 Å². The van der Waals surface area contributed by atoms with Crippen molar-refractivity contribution in [3.63, 3.8) is 0 Å². The van der Waals surface area contributed by atoms with Crippen LogP contribution in [0.15, 0.2) is 24.3 Å². The minimum Gasteiger partial charge on any atom is -0.330 e.